The lowest BCUT2D eigenvalue weighted by atomic mass is 10.4. The van der Waals surface area contributed by atoms with Gasteiger partial charge in [0.05, 0.1) is 0 Å². The molecule has 0 spiro atoms. The fourth-order valence-corrected chi connectivity index (χ4v) is 0.385. The quantitative estimate of drug-likeness (QED) is 0.644. The molecule has 1 nitrogen and oxygen atoms in total. The van der Waals surface area contributed by atoms with Crippen LogP contribution in [0.5, 0.6) is 0 Å². The topological polar surface area (TPSA) is 17.1 Å². The van der Waals surface area contributed by atoms with Gasteiger partial charge in [0.15, 0.2) is 0 Å². The maximum absolute atomic E-state index is 9.81. The molecule has 1 aromatic carbocycles. The number of hydrogen-bond donors (Lipinski definition) is 0. The zero-order valence-corrected chi connectivity index (χ0v) is 9.08. The maximum Gasteiger partial charge on any atom is 0.129 e. The molecule has 0 aliphatic heterocycles. The van der Waals surface area contributed by atoms with E-state index in [1.807, 2.05) is 57.2 Å². The summed E-state index contributed by atoms with van der Waals surface area (Å²) < 4.78 is 0. The van der Waals surface area contributed by atoms with Gasteiger partial charge in [0.1, 0.15) is 5.78 Å². The van der Waals surface area contributed by atoms with Gasteiger partial charge in [-0.3, -0.25) is 0 Å². The van der Waals surface area contributed by atoms with Gasteiger partial charge in [0.25, 0.3) is 0 Å². The van der Waals surface area contributed by atoms with Crippen molar-refractivity contribution in [3.05, 3.63) is 36.4 Å². The van der Waals surface area contributed by atoms with Crippen LogP contribution in [0, 0.1) is 0 Å². The lowest BCUT2D eigenvalue weighted by Crippen LogP contribution is -1.80. The summed E-state index contributed by atoms with van der Waals surface area (Å²) in [6.07, 6.45) is 0.667. The van der Waals surface area contributed by atoms with E-state index in [2.05, 4.69) is 0 Å². The van der Waals surface area contributed by atoms with E-state index in [1.54, 1.807) is 6.92 Å². The largest absolute Gasteiger partial charge is 0.300 e. The minimum absolute atomic E-state index is 0.255. The summed E-state index contributed by atoms with van der Waals surface area (Å²) in [6, 6.07) is 12.0. The highest BCUT2D eigenvalue weighted by molar-refractivity contribution is 5.74. The van der Waals surface area contributed by atoms with Crippen molar-refractivity contribution in [3.63, 3.8) is 0 Å². The molecule has 0 aromatic heterocycles. The van der Waals surface area contributed by atoms with Crippen molar-refractivity contribution in [2.75, 3.05) is 0 Å². The molecule has 0 unspecified atom stereocenters. The maximum atomic E-state index is 9.81. The first kappa shape index (κ1) is 14.4. The van der Waals surface area contributed by atoms with Gasteiger partial charge in [0, 0.05) is 6.42 Å². The lowest BCUT2D eigenvalue weighted by molar-refractivity contribution is -0.116. The van der Waals surface area contributed by atoms with Crippen molar-refractivity contribution < 1.29 is 4.79 Å². The van der Waals surface area contributed by atoms with Crippen molar-refractivity contribution in [3.8, 4) is 0 Å². The monoisotopic (exact) mass is 180 g/mol. The van der Waals surface area contributed by atoms with E-state index >= 15 is 0 Å². The highest BCUT2D eigenvalue weighted by Gasteiger charge is 1.76. The Kier molecular flexibility index (Phi) is 14.9. The Morgan fingerprint density at radius 3 is 1.15 bits per heavy atom. The van der Waals surface area contributed by atoms with Crippen LogP contribution in [0.3, 0.4) is 0 Å². The van der Waals surface area contributed by atoms with Gasteiger partial charge in [-0.2, -0.15) is 0 Å². The second-order valence-electron chi connectivity index (χ2n) is 2.21. The second kappa shape index (κ2) is 13.5. The Labute approximate surface area is 81.8 Å². The molecule has 0 saturated carbocycles. The third-order valence-corrected chi connectivity index (χ3v) is 1.16. The van der Waals surface area contributed by atoms with Crippen LogP contribution in [0.15, 0.2) is 36.4 Å². The average molecular weight is 180 g/mol. The smallest absolute Gasteiger partial charge is 0.129 e. The van der Waals surface area contributed by atoms with Crippen LogP contribution in [0.25, 0.3) is 0 Å². The molecule has 1 aromatic rings. The van der Waals surface area contributed by atoms with Crippen LogP contribution >= 0.6 is 0 Å². The van der Waals surface area contributed by atoms with Crippen molar-refractivity contribution in [1.29, 1.82) is 0 Å². The lowest BCUT2D eigenvalue weighted by Gasteiger charge is -1.71. The summed E-state index contributed by atoms with van der Waals surface area (Å²) >= 11 is 0. The van der Waals surface area contributed by atoms with E-state index in [9.17, 15) is 4.79 Å². The van der Waals surface area contributed by atoms with Gasteiger partial charge in [-0.25, -0.2) is 0 Å². The normalized spacial score (nSPS) is 7.08. The first-order valence-electron chi connectivity index (χ1n) is 4.76. The Balaban J connectivity index is 0. The number of benzene rings is 1. The van der Waals surface area contributed by atoms with Crippen LogP contribution in [0.2, 0.25) is 0 Å². The van der Waals surface area contributed by atoms with Crippen molar-refractivity contribution in [2.45, 2.75) is 34.1 Å². The Hall–Kier alpha value is -1.11. The summed E-state index contributed by atoms with van der Waals surface area (Å²) in [6.45, 7) is 7.43. The third kappa shape index (κ3) is 18.1. The summed E-state index contributed by atoms with van der Waals surface area (Å²) in [5.74, 6) is 0.255. The zero-order valence-electron chi connectivity index (χ0n) is 9.08. The molecular formula is C12H20O. The number of carbonyl (C=O) groups is 1. The zero-order chi connectivity index (χ0) is 10.5. The van der Waals surface area contributed by atoms with E-state index in [0.29, 0.717) is 6.42 Å². The van der Waals surface area contributed by atoms with Crippen LogP contribution in [-0.2, 0) is 4.79 Å². The number of ketones is 1. The molecule has 0 radical (unpaired) electrons. The van der Waals surface area contributed by atoms with Gasteiger partial charge in [-0.15, -0.1) is 0 Å². The van der Waals surface area contributed by atoms with Gasteiger partial charge in [-0.1, -0.05) is 57.2 Å². The number of rotatable bonds is 1. The average Bonchev–Trinajstić information content (AvgIpc) is 2.24. The SMILES string of the molecule is CC.CCC(C)=O.c1ccccc1. The van der Waals surface area contributed by atoms with Crippen LogP contribution in [-0.4, -0.2) is 5.78 Å². The standard InChI is InChI=1S/C6H6.C4H8O.C2H6/c1-2-4-6-5-3-1;1-3-4(2)5;1-2/h1-6H;3H2,1-2H3;1-2H3. The number of carbonyl (C=O) groups excluding carboxylic acids is 1. The predicted molar refractivity (Wildman–Crippen MR) is 58.8 cm³/mol. The van der Waals surface area contributed by atoms with Crippen molar-refractivity contribution in [1.82, 2.24) is 0 Å². The first-order valence-corrected chi connectivity index (χ1v) is 4.76. The van der Waals surface area contributed by atoms with Gasteiger partial charge >= 0.3 is 0 Å². The molecule has 0 aliphatic rings. The van der Waals surface area contributed by atoms with E-state index < -0.39 is 0 Å². The minimum atomic E-state index is 0.255. The number of Topliss-reactive ketones (excluding diaryl/α,β-unsaturated/α-hetero) is 1. The fraction of sp³-hybridized carbons (Fsp3) is 0.417. The highest BCUT2D eigenvalue weighted by atomic mass is 16.1. The molecule has 0 N–H and O–H groups in total. The van der Waals surface area contributed by atoms with Crippen molar-refractivity contribution in [2.24, 2.45) is 0 Å². The van der Waals surface area contributed by atoms with Gasteiger partial charge in [0.2, 0.25) is 0 Å². The molecule has 13 heavy (non-hydrogen) atoms. The Bertz CT molecular complexity index is 153. The molecule has 0 atom stereocenters. The first-order chi connectivity index (χ1) is 6.27. The molecule has 0 bridgehead atoms. The summed E-state index contributed by atoms with van der Waals surface area (Å²) in [7, 11) is 0. The van der Waals surface area contributed by atoms with Crippen LogP contribution in [0.1, 0.15) is 34.1 Å². The summed E-state index contributed by atoms with van der Waals surface area (Å²) in [5.41, 5.74) is 0. The molecule has 1 heteroatoms. The molecule has 0 amide bonds. The van der Waals surface area contributed by atoms with Gasteiger partial charge in [-0.05, 0) is 6.92 Å². The second-order valence-corrected chi connectivity index (χ2v) is 2.21. The molecule has 1 rings (SSSR count). The molecular weight excluding hydrogens is 160 g/mol. The van der Waals surface area contributed by atoms with E-state index in [0.717, 1.165) is 0 Å². The Morgan fingerprint density at radius 2 is 1.08 bits per heavy atom. The Morgan fingerprint density at radius 1 is 0.923 bits per heavy atom. The molecule has 74 valence electrons. The third-order valence-electron chi connectivity index (χ3n) is 1.16. The van der Waals surface area contributed by atoms with Gasteiger partial charge < -0.3 is 4.79 Å². The van der Waals surface area contributed by atoms with Crippen LogP contribution < -0.4 is 0 Å². The van der Waals surface area contributed by atoms with Crippen LogP contribution in [0.4, 0.5) is 0 Å². The van der Waals surface area contributed by atoms with E-state index in [4.69, 9.17) is 0 Å². The molecule has 0 saturated heterocycles. The fourth-order valence-electron chi connectivity index (χ4n) is 0.385. The molecule has 0 aliphatic carbocycles. The minimum Gasteiger partial charge on any atom is -0.300 e. The van der Waals surface area contributed by atoms with Crippen molar-refractivity contribution >= 4 is 5.78 Å². The number of hydrogen-bond acceptors (Lipinski definition) is 1. The summed E-state index contributed by atoms with van der Waals surface area (Å²) in [5, 5.41) is 0. The predicted octanol–water partition coefficient (Wildman–Crippen LogP) is 3.70. The van der Waals surface area contributed by atoms with E-state index in [-0.39, 0.29) is 5.78 Å². The summed E-state index contributed by atoms with van der Waals surface area (Å²) in [4.78, 5) is 9.81. The molecule has 0 fully saturated rings. The molecule has 0 heterocycles. The highest BCUT2D eigenvalue weighted by Crippen LogP contribution is 1.79. The van der Waals surface area contributed by atoms with E-state index in [1.165, 1.54) is 0 Å².